The van der Waals surface area contributed by atoms with Gasteiger partial charge in [-0.25, -0.2) is 9.97 Å². The van der Waals surface area contributed by atoms with Crippen LogP contribution in [0.2, 0.25) is 0 Å². The summed E-state index contributed by atoms with van der Waals surface area (Å²) in [6, 6.07) is 9.85. The fraction of sp³-hybridized carbons (Fsp3) is 0.333. The molecule has 1 aliphatic rings. The van der Waals surface area contributed by atoms with Gasteiger partial charge < -0.3 is 5.32 Å². The van der Waals surface area contributed by atoms with Crippen LogP contribution in [-0.4, -0.2) is 25.7 Å². The van der Waals surface area contributed by atoms with Crippen molar-refractivity contribution in [3.63, 3.8) is 0 Å². The van der Waals surface area contributed by atoms with E-state index in [-0.39, 0.29) is 17.7 Å². The molecule has 6 heteroatoms. The number of benzene rings is 1. The van der Waals surface area contributed by atoms with Crippen molar-refractivity contribution in [1.29, 1.82) is 0 Å². The molecule has 3 heterocycles. The molecular weight excluding hydrogens is 338 g/mol. The summed E-state index contributed by atoms with van der Waals surface area (Å²) in [5, 5.41) is 7.68. The molecule has 3 aromatic rings. The predicted octanol–water partition coefficient (Wildman–Crippen LogP) is 3.68. The monoisotopic (exact) mass is 361 g/mol. The van der Waals surface area contributed by atoms with Crippen LogP contribution in [0.4, 0.5) is 5.69 Å². The predicted molar refractivity (Wildman–Crippen MR) is 104 cm³/mol. The van der Waals surface area contributed by atoms with Crippen LogP contribution in [0.25, 0.3) is 5.82 Å². The van der Waals surface area contributed by atoms with Crippen molar-refractivity contribution >= 4 is 11.6 Å². The lowest BCUT2D eigenvalue weighted by atomic mass is 9.92. The van der Waals surface area contributed by atoms with Crippen molar-refractivity contribution in [1.82, 2.24) is 19.7 Å². The minimum Gasteiger partial charge on any atom is -0.325 e. The van der Waals surface area contributed by atoms with E-state index in [0.717, 1.165) is 34.0 Å². The van der Waals surface area contributed by atoms with E-state index < -0.39 is 0 Å². The highest BCUT2D eigenvalue weighted by Gasteiger charge is 2.34. The smallest absolute Gasteiger partial charge is 0.232 e. The van der Waals surface area contributed by atoms with E-state index in [9.17, 15) is 4.79 Å². The number of rotatable bonds is 4. The van der Waals surface area contributed by atoms with E-state index in [4.69, 9.17) is 4.98 Å². The molecule has 0 aliphatic carbocycles. The van der Waals surface area contributed by atoms with Gasteiger partial charge >= 0.3 is 0 Å². The topological polar surface area (TPSA) is 72.7 Å². The number of aryl methyl sites for hydroxylation is 2. The van der Waals surface area contributed by atoms with E-state index in [0.29, 0.717) is 12.2 Å². The zero-order chi connectivity index (χ0) is 19.1. The van der Waals surface area contributed by atoms with Crippen LogP contribution in [0.1, 0.15) is 54.0 Å². The van der Waals surface area contributed by atoms with Crippen LogP contribution >= 0.6 is 0 Å². The van der Waals surface area contributed by atoms with Gasteiger partial charge in [-0.05, 0) is 48.7 Å². The maximum absolute atomic E-state index is 12.7. The zero-order valence-corrected chi connectivity index (χ0v) is 16.0. The first-order valence-electron chi connectivity index (χ1n) is 9.23. The van der Waals surface area contributed by atoms with E-state index in [2.05, 4.69) is 42.2 Å². The molecule has 2 aromatic heterocycles. The van der Waals surface area contributed by atoms with Gasteiger partial charge in [0, 0.05) is 24.2 Å². The fourth-order valence-corrected chi connectivity index (χ4v) is 3.67. The highest BCUT2D eigenvalue weighted by atomic mass is 16.2. The molecule has 6 nitrogen and oxygen atoms in total. The Hall–Kier alpha value is -3.02. The second-order valence-corrected chi connectivity index (χ2v) is 7.43. The SMILES string of the molecule is Cc1cc(C)c2c(c1)NC(=O)[C@@H]2Cc1nc(C(C)C)nn1-c1ccccn1. The molecule has 0 radical (unpaired) electrons. The molecule has 27 heavy (non-hydrogen) atoms. The second kappa shape index (κ2) is 6.61. The third kappa shape index (κ3) is 3.12. The van der Waals surface area contributed by atoms with E-state index in [1.807, 2.05) is 31.2 Å². The highest BCUT2D eigenvalue weighted by Crippen LogP contribution is 2.38. The van der Waals surface area contributed by atoms with E-state index >= 15 is 0 Å². The Morgan fingerprint density at radius 2 is 2.04 bits per heavy atom. The van der Waals surface area contributed by atoms with Crippen molar-refractivity contribution in [2.45, 2.75) is 46.0 Å². The normalized spacial score (nSPS) is 15.9. The number of carbonyl (C=O) groups is 1. The Morgan fingerprint density at radius 1 is 1.22 bits per heavy atom. The Bertz CT molecular complexity index is 1010. The standard InChI is InChI=1S/C21H23N5O/c1-12(2)20-24-18(26(25-20)17-7-5-6-8-22-17)11-15-19-14(4)9-13(3)10-16(19)23-21(15)27/h5-10,12,15H,11H2,1-4H3,(H,23,27)/t15-/m1/s1. The van der Waals surface area contributed by atoms with Gasteiger partial charge in [0.25, 0.3) is 0 Å². The van der Waals surface area contributed by atoms with E-state index in [1.165, 1.54) is 0 Å². The molecule has 4 rings (SSSR count). The molecule has 1 aliphatic heterocycles. The lowest BCUT2D eigenvalue weighted by molar-refractivity contribution is -0.117. The summed E-state index contributed by atoms with van der Waals surface area (Å²) in [7, 11) is 0. The van der Waals surface area contributed by atoms with Gasteiger partial charge in [0.1, 0.15) is 5.82 Å². The number of pyridine rings is 1. The summed E-state index contributed by atoms with van der Waals surface area (Å²) < 4.78 is 1.77. The summed E-state index contributed by atoms with van der Waals surface area (Å²) in [6.07, 6.45) is 2.22. The molecule has 0 fully saturated rings. The largest absolute Gasteiger partial charge is 0.325 e. The third-order valence-electron chi connectivity index (χ3n) is 4.91. The minimum absolute atomic E-state index is 0.0142. The Balaban J connectivity index is 1.77. The Morgan fingerprint density at radius 3 is 2.74 bits per heavy atom. The zero-order valence-electron chi connectivity index (χ0n) is 16.0. The third-order valence-corrected chi connectivity index (χ3v) is 4.91. The average molecular weight is 361 g/mol. The first kappa shape index (κ1) is 17.4. The van der Waals surface area contributed by atoms with Gasteiger partial charge in [0.15, 0.2) is 11.6 Å². The summed E-state index contributed by atoms with van der Waals surface area (Å²) in [6.45, 7) is 8.22. The number of amides is 1. The number of aromatic nitrogens is 4. The van der Waals surface area contributed by atoms with Crippen molar-refractivity contribution < 1.29 is 4.79 Å². The molecule has 138 valence electrons. The van der Waals surface area contributed by atoms with Gasteiger partial charge in [-0.2, -0.15) is 4.68 Å². The first-order chi connectivity index (χ1) is 12.9. The number of hydrogen-bond donors (Lipinski definition) is 1. The summed E-state index contributed by atoms with van der Waals surface area (Å²) in [4.78, 5) is 21.8. The van der Waals surface area contributed by atoms with Gasteiger partial charge in [-0.3, -0.25) is 4.79 Å². The number of fused-ring (bicyclic) bond motifs is 1. The summed E-state index contributed by atoms with van der Waals surface area (Å²) in [5.41, 5.74) is 4.25. The van der Waals surface area contributed by atoms with Crippen molar-refractivity contribution in [2.24, 2.45) is 0 Å². The van der Waals surface area contributed by atoms with Crippen LogP contribution < -0.4 is 5.32 Å². The molecule has 1 atom stereocenters. The summed E-state index contributed by atoms with van der Waals surface area (Å²) in [5.74, 6) is 2.17. The maximum Gasteiger partial charge on any atom is 0.232 e. The number of anilines is 1. The fourth-order valence-electron chi connectivity index (χ4n) is 3.67. The van der Waals surface area contributed by atoms with Crippen LogP contribution in [0, 0.1) is 13.8 Å². The Labute approximate surface area is 158 Å². The molecule has 0 spiro atoms. The van der Waals surface area contributed by atoms with Gasteiger partial charge in [0.2, 0.25) is 5.91 Å². The van der Waals surface area contributed by atoms with E-state index in [1.54, 1.807) is 10.9 Å². The number of nitrogens with one attached hydrogen (secondary N) is 1. The number of carbonyl (C=O) groups excluding carboxylic acids is 1. The van der Waals surface area contributed by atoms with Gasteiger partial charge in [-0.1, -0.05) is 26.0 Å². The highest BCUT2D eigenvalue weighted by molar-refractivity contribution is 6.03. The second-order valence-electron chi connectivity index (χ2n) is 7.43. The van der Waals surface area contributed by atoms with Crippen LogP contribution in [0.3, 0.4) is 0 Å². The number of hydrogen-bond acceptors (Lipinski definition) is 4. The summed E-state index contributed by atoms with van der Waals surface area (Å²) >= 11 is 0. The molecule has 0 unspecified atom stereocenters. The lowest BCUT2D eigenvalue weighted by Crippen LogP contribution is -2.17. The van der Waals surface area contributed by atoms with Crippen molar-refractivity contribution in [3.8, 4) is 5.82 Å². The van der Waals surface area contributed by atoms with Crippen LogP contribution in [-0.2, 0) is 11.2 Å². The van der Waals surface area contributed by atoms with Crippen molar-refractivity contribution in [3.05, 3.63) is 64.9 Å². The minimum atomic E-state index is -0.271. The van der Waals surface area contributed by atoms with Gasteiger partial charge in [-0.15, -0.1) is 5.10 Å². The first-order valence-corrected chi connectivity index (χ1v) is 9.23. The average Bonchev–Trinajstić information content (AvgIpc) is 3.18. The Kier molecular flexibility index (Phi) is 4.26. The maximum atomic E-state index is 12.7. The molecule has 1 amide bonds. The molecule has 0 bridgehead atoms. The van der Waals surface area contributed by atoms with Crippen LogP contribution in [0.5, 0.6) is 0 Å². The molecule has 1 N–H and O–H groups in total. The molecular formula is C21H23N5O. The van der Waals surface area contributed by atoms with Crippen LogP contribution in [0.15, 0.2) is 36.5 Å². The van der Waals surface area contributed by atoms with Gasteiger partial charge in [0.05, 0.1) is 5.92 Å². The quantitative estimate of drug-likeness (QED) is 0.769. The molecule has 0 saturated heterocycles. The lowest BCUT2D eigenvalue weighted by Gasteiger charge is -2.12. The molecule has 1 aromatic carbocycles. The molecule has 0 saturated carbocycles. The van der Waals surface area contributed by atoms with Crippen molar-refractivity contribution in [2.75, 3.05) is 5.32 Å². The number of nitrogens with zero attached hydrogens (tertiary/aromatic N) is 4.